The Labute approximate surface area is 566 Å². The fourth-order valence-electron chi connectivity index (χ4n) is 16.1. The summed E-state index contributed by atoms with van der Waals surface area (Å²) in [6.07, 6.45) is 0. The van der Waals surface area contributed by atoms with E-state index in [4.69, 9.17) is 4.42 Å². The fourth-order valence-corrected chi connectivity index (χ4v) is 17.3. The van der Waals surface area contributed by atoms with Gasteiger partial charge in [-0.1, -0.05) is 205 Å². The number of hydrogen-bond donors (Lipinski definition) is 0. The van der Waals surface area contributed by atoms with Gasteiger partial charge in [0, 0.05) is 76.5 Å². The van der Waals surface area contributed by atoms with Crippen LogP contribution in [0.2, 0.25) is 0 Å². The van der Waals surface area contributed by atoms with E-state index >= 15 is 0 Å². The van der Waals surface area contributed by atoms with Gasteiger partial charge in [-0.25, -0.2) is 0 Å². The third-order valence-electron chi connectivity index (χ3n) is 20.6. The summed E-state index contributed by atoms with van der Waals surface area (Å²) < 4.78 is 14.8. The minimum atomic E-state index is -0.326. The van der Waals surface area contributed by atoms with E-state index < -0.39 is 0 Å². The Hall–Kier alpha value is -11.7. The van der Waals surface area contributed by atoms with Crippen molar-refractivity contribution in [2.45, 2.75) is 62.2 Å². The van der Waals surface area contributed by atoms with Gasteiger partial charge < -0.3 is 23.0 Å². The normalized spacial score (nSPS) is 12.9. The van der Waals surface area contributed by atoms with E-state index in [0.29, 0.717) is 11.1 Å². The number of aromatic nitrogens is 3. The number of nitrogens with zero attached hydrogens (tertiary/aromatic N) is 6. The monoisotopic (exact) mass is 1260 g/mol. The van der Waals surface area contributed by atoms with Crippen LogP contribution in [0, 0.1) is 22.7 Å². The second-order valence-corrected chi connectivity index (χ2v) is 29.3. The molecule has 19 rings (SSSR count). The van der Waals surface area contributed by atoms with Gasteiger partial charge in [0.1, 0.15) is 5.58 Å². The van der Waals surface area contributed by atoms with Crippen molar-refractivity contribution in [2.24, 2.45) is 0 Å². The number of hydrogen-bond acceptors (Lipinski definition) is 5. The van der Waals surface area contributed by atoms with Crippen LogP contribution in [0.1, 0.15) is 63.8 Å². The lowest BCUT2D eigenvalue weighted by Crippen LogP contribution is -2.60. The van der Waals surface area contributed by atoms with Crippen LogP contribution < -0.4 is 21.3 Å². The van der Waals surface area contributed by atoms with Crippen molar-refractivity contribution in [3.63, 3.8) is 0 Å². The summed E-state index contributed by atoms with van der Waals surface area (Å²) in [7, 11) is 0. The molecule has 7 nitrogen and oxygen atoms in total. The molecule has 458 valence electrons. The van der Waals surface area contributed by atoms with Gasteiger partial charge in [-0.15, -0.1) is 0 Å². The first kappa shape index (κ1) is 56.8. The SMILES string of the molecule is CC(C)(C)c1ccc2c(c1)c1cc(C(C)(C)C)ccc1n2-c1ccc2c(c1)N(c1c(-c3ccccc3)cccc1-c1ccccc1)c1cc(-n3c4ccccc4c4cc(C#N)ccc43)cc3c1B2c1cc(-n2c4ccccc4c4cc(C#N)ccc42)c2c(oc4ccccc42)c1S3. The van der Waals surface area contributed by atoms with Crippen LogP contribution in [0.15, 0.2) is 275 Å². The Balaban J connectivity index is 0.987. The van der Waals surface area contributed by atoms with Gasteiger partial charge in [0.15, 0.2) is 5.58 Å². The van der Waals surface area contributed by atoms with Crippen molar-refractivity contribution >= 4 is 139 Å². The van der Waals surface area contributed by atoms with Crippen molar-refractivity contribution in [2.75, 3.05) is 4.90 Å². The minimum Gasteiger partial charge on any atom is -0.455 e. The quantitative estimate of drug-likeness (QED) is 0.155. The van der Waals surface area contributed by atoms with Gasteiger partial charge in [0.25, 0.3) is 0 Å². The lowest BCUT2D eigenvalue weighted by atomic mass is 9.34. The smallest absolute Gasteiger partial charge is 0.249 e. The highest BCUT2D eigenvalue weighted by Crippen LogP contribution is 2.53. The van der Waals surface area contributed by atoms with E-state index in [0.717, 1.165) is 154 Å². The molecule has 0 spiro atoms. The molecule has 0 atom stereocenters. The molecule has 2 aliphatic rings. The lowest BCUT2D eigenvalue weighted by molar-refractivity contribution is 0.590. The highest BCUT2D eigenvalue weighted by Gasteiger charge is 2.45. The second-order valence-electron chi connectivity index (χ2n) is 28.2. The van der Waals surface area contributed by atoms with Gasteiger partial charge in [-0.2, -0.15) is 10.5 Å². The number of fused-ring (bicyclic) bond motifs is 17. The first-order chi connectivity index (χ1) is 47.3. The number of anilines is 3. The van der Waals surface area contributed by atoms with E-state index in [1.165, 1.54) is 27.4 Å². The zero-order valence-corrected chi connectivity index (χ0v) is 55.2. The van der Waals surface area contributed by atoms with Crippen molar-refractivity contribution in [3.05, 3.63) is 283 Å². The first-order valence-corrected chi connectivity index (χ1v) is 34.1. The molecule has 4 aromatic heterocycles. The maximum atomic E-state index is 10.4. The first-order valence-electron chi connectivity index (χ1n) is 33.3. The van der Waals surface area contributed by atoms with Crippen LogP contribution in [0.5, 0.6) is 0 Å². The summed E-state index contributed by atoms with van der Waals surface area (Å²) in [5, 5.41) is 29.5. The molecule has 0 amide bonds. The largest absolute Gasteiger partial charge is 0.455 e. The number of rotatable bonds is 6. The molecule has 0 N–H and O–H groups in total. The van der Waals surface area contributed by atoms with Crippen molar-refractivity contribution in [3.8, 4) is 51.5 Å². The van der Waals surface area contributed by atoms with E-state index in [1.807, 2.05) is 24.3 Å². The van der Waals surface area contributed by atoms with Crippen LogP contribution >= 0.6 is 11.8 Å². The van der Waals surface area contributed by atoms with Crippen LogP contribution in [0.4, 0.5) is 17.1 Å². The maximum Gasteiger partial charge on any atom is 0.249 e. The number of furan rings is 1. The summed E-state index contributed by atoms with van der Waals surface area (Å²) in [5.41, 5.74) is 25.8. The molecule has 0 saturated carbocycles. The Bertz CT molecular complexity index is 6230. The minimum absolute atomic E-state index is 0.0755. The Morgan fingerprint density at radius 1 is 0.392 bits per heavy atom. The predicted molar refractivity (Wildman–Crippen MR) is 404 cm³/mol. The molecule has 0 saturated heterocycles. The summed E-state index contributed by atoms with van der Waals surface area (Å²) in [6.45, 7) is 13.5. The maximum absolute atomic E-state index is 10.4. The fraction of sp³-hybridized carbons (Fsp3) is 0.0909. The summed E-state index contributed by atoms with van der Waals surface area (Å²) >= 11 is 1.80. The molecule has 0 aliphatic carbocycles. The molecule has 13 aromatic carbocycles. The van der Waals surface area contributed by atoms with Gasteiger partial charge in [-0.3, -0.25) is 0 Å². The number of benzene rings is 13. The molecule has 9 heteroatoms. The second kappa shape index (κ2) is 20.9. The molecular weight excluding hydrogens is 1200 g/mol. The Morgan fingerprint density at radius 2 is 0.887 bits per heavy atom. The van der Waals surface area contributed by atoms with Gasteiger partial charge in [0.05, 0.1) is 78.0 Å². The van der Waals surface area contributed by atoms with Crippen LogP contribution in [-0.4, -0.2) is 20.4 Å². The van der Waals surface area contributed by atoms with E-state index in [9.17, 15) is 10.5 Å². The summed E-state index contributed by atoms with van der Waals surface area (Å²) in [6, 6.07) is 100. The molecule has 17 aromatic rings. The standard InChI is InChI=1S/C88H61BN6OS/c1-87(2,3)56-34-40-74-67(44-56)68-45-57(88(4,5)6)35-41-75(68)92(74)58-36-37-69-77(46-58)95(84-60(54-20-9-7-10-21-54)27-19-28-61(84)55-22-11-8-12-23-55)79-47-59(93-71-29-16-13-24-62(71)65-42-52(50-90)32-38-73(65)93)48-81-83(79)89(69)70-49-78(82-64-26-15-18-31-80(64)96-85(82)86(70)97-81)94-72-30-17-14-25-63(72)66-43-53(51-91)33-39-76(66)94/h7-49H,1-6H3. The van der Waals surface area contributed by atoms with Crippen molar-refractivity contribution < 1.29 is 4.42 Å². The molecule has 0 radical (unpaired) electrons. The van der Waals surface area contributed by atoms with Gasteiger partial charge >= 0.3 is 0 Å². The molecule has 0 unspecified atom stereocenters. The third kappa shape index (κ3) is 8.42. The highest BCUT2D eigenvalue weighted by atomic mass is 32.2. The zero-order valence-electron chi connectivity index (χ0n) is 54.4. The van der Waals surface area contributed by atoms with E-state index in [-0.39, 0.29) is 17.5 Å². The molecule has 2 aliphatic heterocycles. The van der Waals surface area contributed by atoms with Gasteiger partial charge in [-0.05, 0) is 159 Å². The van der Waals surface area contributed by atoms with E-state index in [1.54, 1.807) is 11.8 Å². The molecular formula is C88H61BN6OS. The summed E-state index contributed by atoms with van der Waals surface area (Å²) in [4.78, 5) is 4.80. The highest BCUT2D eigenvalue weighted by molar-refractivity contribution is 8.00. The molecule has 0 fully saturated rings. The number of para-hydroxylation sites is 4. The summed E-state index contributed by atoms with van der Waals surface area (Å²) in [5.74, 6) is 0. The van der Waals surface area contributed by atoms with Crippen LogP contribution in [0.25, 0.3) is 127 Å². The third-order valence-corrected chi connectivity index (χ3v) is 21.8. The zero-order chi connectivity index (χ0) is 65.3. The lowest BCUT2D eigenvalue weighted by Gasteiger charge is -2.42. The van der Waals surface area contributed by atoms with Crippen LogP contribution in [-0.2, 0) is 10.8 Å². The predicted octanol–water partition coefficient (Wildman–Crippen LogP) is 21.3. The average Bonchev–Trinajstić information content (AvgIpc) is 1.66. The average molecular weight is 1260 g/mol. The van der Waals surface area contributed by atoms with E-state index in [2.05, 4.69) is 309 Å². The number of nitriles is 2. The molecule has 6 heterocycles. The van der Waals surface area contributed by atoms with Crippen LogP contribution in [0.3, 0.4) is 0 Å². The topological polar surface area (TPSA) is 78.8 Å². The van der Waals surface area contributed by atoms with Crippen molar-refractivity contribution in [1.29, 1.82) is 10.5 Å². The van der Waals surface area contributed by atoms with Gasteiger partial charge in [0.2, 0.25) is 6.71 Å². The van der Waals surface area contributed by atoms with Crippen molar-refractivity contribution in [1.82, 2.24) is 13.7 Å². The Kier molecular flexibility index (Phi) is 12.2. The molecule has 97 heavy (non-hydrogen) atoms. The molecule has 0 bridgehead atoms. The Morgan fingerprint density at radius 3 is 1.47 bits per heavy atom.